The Morgan fingerprint density at radius 3 is 3.17 bits per heavy atom. The third-order valence-corrected chi connectivity index (χ3v) is 3.45. The average Bonchev–Trinajstić information content (AvgIpc) is 2.85. The first-order chi connectivity index (χ1) is 8.79. The first-order valence-corrected chi connectivity index (χ1v) is 6.86. The van der Waals surface area contributed by atoms with Gasteiger partial charge in [0.2, 0.25) is 0 Å². The smallest absolute Gasteiger partial charge is 0.122 e. The fraction of sp³-hybridized carbons (Fsp3) is 0.600. The summed E-state index contributed by atoms with van der Waals surface area (Å²) in [5.74, 6) is 1.47. The van der Waals surface area contributed by atoms with Gasteiger partial charge in [-0.1, -0.05) is 19.1 Å². The highest BCUT2D eigenvalue weighted by Gasteiger charge is 2.11. The van der Waals surface area contributed by atoms with Gasteiger partial charge in [0, 0.05) is 19.6 Å². The summed E-state index contributed by atoms with van der Waals surface area (Å²) in [5, 5.41) is 12.4. The molecule has 2 rings (SSSR count). The van der Waals surface area contributed by atoms with Crippen molar-refractivity contribution < 1.29 is 9.84 Å². The lowest BCUT2D eigenvalue weighted by Gasteiger charge is -2.09. The van der Waals surface area contributed by atoms with Gasteiger partial charge in [0.25, 0.3) is 0 Å². The maximum atomic E-state index is 8.93. The van der Waals surface area contributed by atoms with Crippen molar-refractivity contribution in [2.24, 2.45) is 5.92 Å². The van der Waals surface area contributed by atoms with Crippen molar-refractivity contribution in [1.82, 2.24) is 5.32 Å². The Bertz CT molecular complexity index is 379. The van der Waals surface area contributed by atoms with Crippen LogP contribution in [0, 0.1) is 5.92 Å². The van der Waals surface area contributed by atoms with Crippen molar-refractivity contribution in [2.45, 2.75) is 32.7 Å². The van der Waals surface area contributed by atoms with Gasteiger partial charge in [0.1, 0.15) is 5.75 Å². The highest BCUT2D eigenvalue weighted by Crippen LogP contribution is 2.25. The predicted octanol–water partition coefficient (Wildman–Crippen LogP) is 2.12. The molecule has 0 aliphatic carbocycles. The van der Waals surface area contributed by atoms with Crippen molar-refractivity contribution in [3.63, 3.8) is 0 Å². The summed E-state index contributed by atoms with van der Waals surface area (Å²) < 4.78 is 5.49. The fourth-order valence-electron chi connectivity index (χ4n) is 2.25. The van der Waals surface area contributed by atoms with Crippen molar-refractivity contribution in [1.29, 1.82) is 0 Å². The highest BCUT2D eigenvalue weighted by atomic mass is 16.5. The van der Waals surface area contributed by atoms with E-state index >= 15 is 0 Å². The Morgan fingerprint density at radius 2 is 2.33 bits per heavy atom. The summed E-state index contributed by atoms with van der Waals surface area (Å²) in [7, 11) is 0. The molecule has 1 aromatic rings. The van der Waals surface area contributed by atoms with Gasteiger partial charge in [-0.3, -0.25) is 0 Å². The van der Waals surface area contributed by atoms with Gasteiger partial charge in [0.15, 0.2) is 0 Å². The van der Waals surface area contributed by atoms with Crippen LogP contribution < -0.4 is 10.1 Å². The normalized spacial score (nSPS) is 15.2. The molecule has 0 saturated heterocycles. The largest absolute Gasteiger partial charge is 0.493 e. The van der Waals surface area contributed by atoms with Gasteiger partial charge < -0.3 is 15.2 Å². The molecule has 1 aromatic carbocycles. The predicted molar refractivity (Wildman–Crippen MR) is 72.8 cm³/mol. The maximum Gasteiger partial charge on any atom is 0.122 e. The molecule has 0 aromatic heterocycles. The monoisotopic (exact) mass is 249 g/mol. The molecular formula is C15H23NO2. The zero-order valence-corrected chi connectivity index (χ0v) is 11.1. The third kappa shape index (κ3) is 3.72. The van der Waals surface area contributed by atoms with E-state index in [1.807, 2.05) is 0 Å². The topological polar surface area (TPSA) is 41.5 Å². The number of hydrogen-bond acceptors (Lipinski definition) is 3. The standard InChI is InChI=1S/C15H23NO2/c1-12(11-17)3-2-7-16-10-13-4-5-15-14(9-13)6-8-18-15/h4-5,9,12,16-17H,2-3,6-8,10-11H2,1H3. The Labute approximate surface area is 109 Å². The van der Waals surface area contributed by atoms with Gasteiger partial charge in [-0.2, -0.15) is 0 Å². The van der Waals surface area contributed by atoms with Crippen LogP contribution in [0.2, 0.25) is 0 Å². The molecule has 1 unspecified atom stereocenters. The number of aliphatic hydroxyl groups excluding tert-OH is 1. The van der Waals surface area contributed by atoms with Crippen molar-refractivity contribution in [3.8, 4) is 5.75 Å². The summed E-state index contributed by atoms with van der Waals surface area (Å²) >= 11 is 0. The Kier molecular flexibility index (Phi) is 5.02. The number of aliphatic hydroxyl groups is 1. The number of hydrogen-bond donors (Lipinski definition) is 2. The van der Waals surface area contributed by atoms with E-state index in [1.54, 1.807) is 0 Å². The molecular weight excluding hydrogens is 226 g/mol. The van der Waals surface area contributed by atoms with Gasteiger partial charge in [-0.15, -0.1) is 0 Å². The van der Waals surface area contributed by atoms with Crippen LogP contribution in [0.5, 0.6) is 5.75 Å². The van der Waals surface area contributed by atoms with Crippen LogP contribution in [0.25, 0.3) is 0 Å². The van der Waals surface area contributed by atoms with E-state index in [0.29, 0.717) is 12.5 Å². The molecule has 1 aliphatic rings. The van der Waals surface area contributed by atoms with Crippen LogP contribution in [-0.2, 0) is 13.0 Å². The minimum Gasteiger partial charge on any atom is -0.493 e. The van der Waals surface area contributed by atoms with E-state index in [9.17, 15) is 0 Å². The first-order valence-electron chi connectivity index (χ1n) is 6.86. The van der Waals surface area contributed by atoms with E-state index in [4.69, 9.17) is 9.84 Å². The molecule has 3 heteroatoms. The van der Waals surface area contributed by atoms with Gasteiger partial charge in [0.05, 0.1) is 6.61 Å². The number of fused-ring (bicyclic) bond motifs is 1. The SMILES string of the molecule is CC(CO)CCCNCc1ccc2c(c1)CCO2. The maximum absolute atomic E-state index is 8.93. The molecule has 0 spiro atoms. The van der Waals surface area contributed by atoms with E-state index in [1.165, 1.54) is 11.1 Å². The quantitative estimate of drug-likeness (QED) is 0.727. The summed E-state index contributed by atoms with van der Waals surface area (Å²) in [6.07, 6.45) is 3.24. The minimum absolute atomic E-state index is 0.296. The highest BCUT2D eigenvalue weighted by molar-refractivity contribution is 5.39. The lowest BCUT2D eigenvalue weighted by Crippen LogP contribution is -2.16. The molecule has 100 valence electrons. The molecule has 0 bridgehead atoms. The second kappa shape index (κ2) is 6.76. The Balaban J connectivity index is 1.68. The van der Waals surface area contributed by atoms with E-state index in [0.717, 1.165) is 44.7 Å². The zero-order valence-electron chi connectivity index (χ0n) is 11.1. The lowest BCUT2D eigenvalue weighted by atomic mass is 10.1. The van der Waals surface area contributed by atoms with Crippen LogP contribution in [-0.4, -0.2) is 24.9 Å². The summed E-state index contributed by atoms with van der Waals surface area (Å²) in [6, 6.07) is 6.45. The third-order valence-electron chi connectivity index (χ3n) is 3.45. The van der Waals surface area contributed by atoms with Crippen molar-refractivity contribution in [2.75, 3.05) is 19.8 Å². The molecule has 2 N–H and O–H groups in total. The average molecular weight is 249 g/mol. The lowest BCUT2D eigenvalue weighted by molar-refractivity contribution is 0.228. The van der Waals surface area contributed by atoms with Gasteiger partial charge in [-0.25, -0.2) is 0 Å². The van der Waals surface area contributed by atoms with Crippen LogP contribution in [0.1, 0.15) is 30.9 Å². The second-order valence-corrected chi connectivity index (χ2v) is 5.15. The number of benzene rings is 1. The second-order valence-electron chi connectivity index (χ2n) is 5.15. The Morgan fingerprint density at radius 1 is 1.44 bits per heavy atom. The molecule has 18 heavy (non-hydrogen) atoms. The zero-order chi connectivity index (χ0) is 12.8. The van der Waals surface area contributed by atoms with Crippen LogP contribution >= 0.6 is 0 Å². The van der Waals surface area contributed by atoms with Crippen LogP contribution in [0.4, 0.5) is 0 Å². The van der Waals surface area contributed by atoms with Gasteiger partial charge in [-0.05, 0) is 42.5 Å². The first kappa shape index (κ1) is 13.4. The molecule has 1 atom stereocenters. The molecule has 1 heterocycles. The molecule has 0 radical (unpaired) electrons. The van der Waals surface area contributed by atoms with E-state index in [-0.39, 0.29) is 0 Å². The summed E-state index contributed by atoms with van der Waals surface area (Å²) in [6.45, 7) is 5.13. The number of rotatable bonds is 7. The fourth-order valence-corrected chi connectivity index (χ4v) is 2.25. The van der Waals surface area contributed by atoms with Crippen LogP contribution in [0.3, 0.4) is 0 Å². The minimum atomic E-state index is 0.296. The van der Waals surface area contributed by atoms with E-state index in [2.05, 4.69) is 30.4 Å². The molecule has 0 amide bonds. The molecule has 1 aliphatic heterocycles. The number of ether oxygens (including phenoxy) is 1. The molecule has 0 fully saturated rings. The summed E-state index contributed by atoms with van der Waals surface area (Å²) in [5.41, 5.74) is 2.66. The molecule has 3 nitrogen and oxygen atoms in total. The van der Waals surface area contributed by atoms with Crippen LogP contribution in [0.15, 0.2) is 18.2 Å². The number of nitrogens with one attached hydrogen (secondary N) is 1. The Hall–Kier alpha value is -1.06. The summed E-state index contributed by atoms with van der Waals surface area (Å²) in [4.78, 5) is 0. The van der Waals surface area contributed by atoms with Crippen molar-refractivity contribution in [3.05, 3.63) is 29.3 Å². The van der Waals surface area contributed by atoms with Crippen molar-refractivity contribution >= 4 is 0 Å². The van der Waals surface area contributed by atoms with Gasteiger partial charge >= 0.3 is 0 Å². The molecule has 0 saturated carbocycles. The van der Waals surface area contributed by atoms with E-state index < -0.39 is 0 Å².